The van der Waals surface area contributed by atoms with Crippen molar-refractivity contribution in [1.82, 2.24) is 5.32 Å². The Kier molecular flexibility index (Phi) is 3.33. The summed E-state index contributed by atoms with van der Waals surface area (Å²) in [5.74, 6) is 1.17. The number of benzene rings is 1. The van der Waals surface area contributed by atoms with Crippen LogP contribution in [-0.4, -0.2) is 19.1 Å². The Morgan fingerprint density at radius 3 is 3.05 bits per heavy atom. The Labute approximate surface area is 116 Å². The first kappa shape index (κ1) is 12.6. The van der Waals surface area contributed by atoms with Gasteiger partial charge in [-0.1, -0.05) is 6.07 Å². The van der Waals surface area contributed by atoms with E-state index in [4.69, 9.17) is 9.15 Å². The number of rotatable bonds is 3. The minimum absolute atomic E-state index is 0.172. The van der Waals surface area contributed by atoms with Crippen LogP contribution in [0.5, 0.6) is 5.75 Å². The Hall–Kier alpha value is -2.43. The second-order valence-electron chi connectivity index (χ2n) is 4.67. The molecule has 0 unspecified atom stereocenters. The molecule has 1 aliphatic heterocycles. The van der Waals surface area contributed by atoms with Crippen LogP contribution in [0.4, 0.5) is 5.69 Å². The van der Waals surface area contributed by atoms with Crippen molar-refractivity contribution in [3.05, 3.63) is 47.9 Å². The molecule has 5 nitrogen and oxygen atoms in total. The van der Waals surface area contributed by atoms with Crippen LogP contribution in [-0.2, 0) is 0 Å². The molecule has 0 bridgehead atoms. The largest absolute Gasteiger partial charge is 0.489 e. The number of para-hydroxylation sites is 1. The summed E-state index contributed by atoms with van der Waals surface area (Å²) in [5, 5.41) is 6.12. The molecule has 0 saturated carbocycles. The highest BCUT2D eigenvalue weighted by atomic mass is 16.5. The van der Waals surface area contributed by atoms with Gasteiger partial charge in [0.05, 0.1) is 23.6 Å². The van der Waals surface area contributed by atoms with E-state index in [1.807, 2.05) is 25.1 Å². The number of furan rings is 1. The van der Waals surface area contributed by atoms with Crippen molar-refractivity contribution in [1.29, 1.82) is 0 Å². The summed E-state index contributed by atoms with van der Waals surface area (Å²) in [4.78, 5) is 12.4. The van der Waals surface area contributed by atoms with Crippen LogP contribution in [0.3, 0.4) is 0 Å². The van der Waals surface area contributed by atoms with Crippen LogP contribution in [0.25, 0.3) is 0 Å². The molecule has 1 atom stereocenters. The SMILES string of the molecule is C[C@@H](NC(=O)c1cccc2c1OCCN2)c1ccco1. The van der Waals surface area contributed by atoms with Gasteiger partial charge in [0.25, 0.3) is 5.91 Å². The normalized spacial score (nSPS) is 14.7. The average molecular weight is 272 g/mol. The van der Waals surface area contributed by atoms with Gasteiger partial charge in [0.2, 0.25) is 0 Å². The first-order valence-corrected chi connectivity index (χ1v) is 6.59. The summed E-state index contributed by atoms with van der Waals surface area (Å²) in [5.41, 5.74) is 1.39. The zero-order valence-electron chi connectivity index (χ0n) is 11.2. The van der Waals surface area contributed by atoms with Gasteiger partial charge in [-0.3, -0.25) is 4.79 Å². The van der Waals surface area contributed by atoms with Crippen molar-refractivity contribution in [2.75, 3.05) is 18.5 Å². The molecule has 1 aromatic carbocycles. The molecule has 0 aliphatic carbocycles. The minimum atomic E-state index is -0.190. The molecular formula is C15H16N2O3. The van der Waals surface area contributed by atoms with Crippen LogP contribution in [0.15, 0.2) is 41.0 Å². The fraction of sp³-hybridized carbons (Fsp3) is 0.267. The topological polar surface area (TPSA) is 63.5 Å². The van der Waals surface area contributed by atoms with Gasteiger partial charge in [0.15, 0.2) is 5.75 Å². The van der Waals surface area contributed by atoms with E-state index in [0.29, 0.717) is 17.9 Å². The van der Waals surface area contributed by atoms with E-state index in [1.165, 1.54) is 0 Å². The van der Waals surface area contributed by atoms with Crippen LogP contribution in [0, 0.1) is 0 Å². The summed E-state index contributed by atoms with van der Waals surface area (Å²) >= 11 is 0. The molecule has 104 valence electrons. The van der Waals surface area contributed by atoms with Crippen LogP contribution < -0.4 is 15.4 Å². The van der Waals surface area contributed by atoms with E-state index < -0.39 is 0 Å². The van der Waals surface area contributed by atoms with Gasteiger partial charge in [-0.05, 0) is 31.2 Å². The monoisotopic (exact) mass is 272 g/mol. The maximum atomic E-state index is 12.4. The molecule has 20 heavy (non-hydrogen) atoms. The average Bonchev–Trinajstić information content (AvgIpc) is 3.01. The molecule has 1 aliphatic rings. The molecule has 1 aromatic heterocycles. The first-order valence-electron chi connectivity index (χ1n) is 6.59. The molecule has 0 spiro atoms. The van der Waals surface area contributed by atoms with Gasteiger partial charge in [-0.15, -0.1) is 0 Å². The number of nitrogens with one attached hydrogen (secondary N) is 2. The van der Waals surface area contributed by atoms with E-state index in [2.05, 4.69) is 10.6 Å². The van der Waals surface area contributed by atoms with Crippen molar-refractivity contribution in [3.8, 4) is 5.75 Å². The minimum Gasteiger partial charge on any atom is -0.489 e. The number of anilines is 1. The first-order chi connectivity index (χ1) is 9.75. The lowest BCUT2D eigenvalue weighted by molar-refractivity contribution is 0.0931. The summed E-state index contributed by atoms with van der Waals surface area (Å²) in [7, 11) is 0. The van der Waals surface area contributed by atoms with Crippen molar-refractivity contribution >= 4 is 11.6 Å². The van der Waals surface area contributed by atoms with Gasteiger partial charge < -0.3 is 19.8 Å². The highest BCUT2D eigenvalue weighted by Crippen LogP contribution is 2.31. The number of carbonyl (C=O) groups is 1. The van der Waals surface area contributed by atoms with Crippen molar-refractivity contribution in [2.45, 2.75) is 13.0 Å². The highest BCUT2D eigenvalue weighted by molar-refractivity contribution is 5.99. The predicted octanol–water partition coefficient (Wildman–Crippen LogP) is 2.57. The number of amides is 1. The van der Waals surface area contributed by atoms with E-state index in [1.54, 1.807) is 18.4 Å². The number of hydrogen-bond donors (Lipinski definition) is 2. The Morgan fingerprint density at radius 1 is 1.35 bits per heavy atom. The molecule has 5 heteroatoms. The third kappa shape index (κ3) is 2.34. The van der Waals surface area contributed by atoms with Crippen LogP contribution >= 0.6 is 0 Å². The summed E-state index contributed by atoms with van der Waals surface area (Å²) in [6.45, 7) is 3.19. The van der Waals surface area contributed by atoms with E-state index in [0.717, 1.165) is 18.0 Å². The zero-order chi connectivity index (χ0) is 13.9. The maximum absolute atomic E-state index is 12.4. The van der Waals surface area contributed by atoms with Crippen LogP contribution in [0.2, 0.25) is 0 Å². The predicted molar refractivity (Wildman–Crippen MR) is 75.0 cm³/mol. The quantitative estimate of drug-likeness (QED) is 0.901. The third-order valence-corrected chi connectivity index (χ3v) is 3.24. The second-order valence-corrected chi connectivity index (χ2v) is 4.67. The molecule has 0 fully saturated rings. The van der Waals surface area contributed by atoms with Gasteiger partial charge in [0, 0.05) is 6.54 Å². The smallest absolute Gasteiger partial charge is 0.255 e. The van der Waals surface area contributed by atoms with E-state index >= 15 is 0 Å². The molecule has 0 saturated heterocycles. The van der Waals surface area contributed by atoms with E-state index in [-0.39, 0.29) is 11.9 Å². The molecule has 3 rings (SSSR count). The van der Waals surface area contributed by atoms with Gasteiger partial charge >= 0.3 is 0 Å². The van der Waals surface area contributed by atoms with E-state index in [9.17, 15) is 4.79 Å². The van der Waals surface area contributed by atoms with Crippen molar-refractivity contribution in [3.63, 3.8) is 0 Å². The molecular weight excluding hydrogens is 256 g/mol. The zero-order valence-corrected chi connectivity index (χ0v) is 11.2. The lowest BCUT2D eigenvalue weighted by atomic mass is 10.1. The third-order valence-electron chi connectivity index (χ3n) is 3.24. The summed E-state index contributed by atoms with van der Waals surface area (Å²) in [6.07, 6.45) is 1.59. The number of fused-ring (bicyclic) bond motifs is 1. The fourth-order valence-corrected chi connectivity index (χ4v) is 2.23. The fourth-order valence-electron chi connectivity index (χ4n) is 2.23. The number of ether oxygens (including phenoxy) is 1. The number of hydrogen-bond acceptors (Lipinski definition) is 4. The lowest BCUT2D eigenvalue weighted by Crippen LogP contribution is -2.28. The second kappa shape index (κ2) is 5.28. The molecule has 2 heterocycles. The molecule has 0 radical (unpaired) electrons. The highest BCUT2D eigenvalue weighted by Gasteiger charge is 2.21. The van der Waals surface area contributed by atoms with Gasteiger partial charge in [-0.2, -0.15) is 0 Å². The van der Waals surface area contributed by atoms with Crippen molar-refractivity contribution < 1.29 is 13.9 Å². The Morgan fingerprint density at radius 2 is 2.25 bits per heavy atom. The lowest BCUT2D eigenvalue weighted by Gasteiger charge is -2.22. The van der Waals surface area contributed by atoms with Crippen LogP contribution in [0.1, 0.15) is 29.1 Å². The molecule has 1 amide bonds. The van der Waals surface area contributed by atoms with Crippen molar-refractivity contribution in [2.24, 2.45) is 0 Å². The Bertz CT molecular complexity index is 608. The number of carbonyl (C=O) groups excluding carboxylic acids is 1. The Balaban J connectivity index is 1.81. The van der Waals surface area contributed by atoms with Gasteiger partial charge in [-0.25, -0.2) is 0 Å². The standard InChI is InChI=1S/C15H16N2O3/c1-10(13-6-3-8-19-13)17-15(18)11-4-2-5-12-14(11)20-9-7-16-12/h2-6,8,10,16H,7,9H2,1H3,(H,17,18)/t10-/m1/s1. The maximum Gasteiger partial charge on any atom is 0.255 e. The molecule has 2 aromatic rings. The van der Waals surface area contributed by atoms with Gasteiger partial charge in [0.1, 0.15) is 12.4 Å². The summed E-state index contributed by atoms with van der Waals surface area (Å²) < 4.78 is 10.9. The molecule has 2 N–H and O–H groups in total. The summed E-state index contributed by atoms with van der Waals surface area (Å²) in [6, 6.07) is 8.95.